The molecule has 14 heteroatoms. The van der Waals surface area contributed by atoms with E-state index in [0.717, 1.165) is 55.8 Å². The van der Waals surface area contributed by atoms with E-state index in [-0.39, 0.29) is 98.7 Å². The summed E-state index contributed by atoms with van der Waals surface area (Å²) in [5.74, 6) is 0. The van der Waals surface area contributed by atoms with Crippen molar-refractivity contribution in [2.75, 3.05) is 0 Å². The summed E-state index contributed by atoms with van der Waals surface area (Å²) in [6.07, 6.45) is 9.20. The van der Waals surface area contributed by atoms with Gasteiger partial charge in [-0.15, -0.1) is 18.2 Å². The number of benzene rings is 8. The molecule has 3 radical (unpaired) electrons. The summed E-state index contributed by atoms with van der Waals surface area (Å²) in [6.45, 7) is 38.2. The fraction of sp³-hybridized carbons (Fsp3) is 0.169. The van der Waals surface area contributed by atoms with E-state index in [4.69, 9.17) is 28.1 Å². The van der Waals surface area contributed by atoms with Crippen LogP contribution < -0.4 is 16.7 Å². The number of aromatic nitrogens is 6. The van der Waals surface area contributed by atoms with Gasteiger partial charge in [0.15, 0.2) is 28.1 Å². The van der Waals surface area contributed by atoms with E-state index in [0.29, 0.717) is 50.8 Å². The minimum absolute atomic E-state index is 0. The zero-order valence-corrected chi connectivity index (χ0v) is 66.1. The molecular weight excluding hydrogens is 1810 g/mol. The number of rotatable bonds is 7. The molecule has 0 unspecified atom stereocenters. The van der Waals surface area contributed by atoms with E-state index in [1.807, 2.05) is 96.1 Å². The molecule has 6 heterocycles. The zero-order chi connectivity index (χ0) is 70.4. The third-order valence-electron chi connectivity index (χ3n) is 18.5. The van der Waals surface area contributed by atoms with Crippen molar-refractivity contribution in [1.82, 2.24) is 28.2 Å². The van der Waals surface area contributed by atoms with Crippen LogP contribution in [-0.4, -0.2) is 28.2 Å². The molecule has 0 saturated carbocycles. The van der Waals surface area contributed by atoms with E-state index < -0.39 is 0 Å². The minimum Gasteiger partial charge on any atom is -0.399 e. The summed E-state index contributed by atoms with van der Waals surface area (Å²) in [7, 11) is 0. The number of hydrogen-bond donors (Lipinski definition) is 0. The maximum Gasteiger partial charge on any atom is 0.190 e. The summed E-state index contributed by atoms with van der Waals surface area (Å²) in [6, 6.07) is 81.2. The third kappa shape index (κ3) is 15.3. The topological polar surface area (TPSA) is 112 Å². The van der Waals surface area contributed by atoms with Gasteiger partial charge in [0.05, 0.1) is 24.4 Å². The van der Waals surface area contributed by atoms with Gasteiger partial charge in [-0.1, -0.05) is 294 Å². The predicted octanol–water partition coefficient (Wildman–Crippen LogP) is 20.4. The van der Waals surface area contributed by atoms with Gasteiger partial charge in [-0.25, -0.2) is 9.69 Å². The molecule has 0 atom stereocenters. The molecule has 1 aliphatic carbocycles. The van der Waals surface area contributed by atoms with Crippen LogP contribution in [0.3, 0.4) is 0 Å². The molecule has 103 heavy (non-hydrogen) atoms. The molecule has 11 nitrogen and oxygen atoms in total. The van der Waals surface area contributed by atoms with Crippen LogP contribution in [0.2, 0.25) is 0 Å². The van der Waals surface area contributed by atoms with Gasteiger partial charge >= 0.3 is 0 Å². The molecule has 8 aromatic carbocycles. The first-order valence-corrected chi connectivity index (χ1v) is 33.3. The van der Waals surface area contributed by atoms with Gasteiger partial charge < -0.3 is 37.6 Å². The molecule has 15 rings (SSSR count). The number of hydrogen-bond acceptors (Lipinski definition) is 6. The Morgan fingerprint density at radius 2 is 0.738 bits per heavy atom. The monoisotopic (exact) mass is 1880 g/mol. The first kappa shape index (κ1) is 75.4. The maximum absolute atomic E-state index is 12.8. The first-order valence-electron chi connectivity index (χ1n) is 33.3. The molecule has 14 aromatic rings. The number of nitrogens with zero attached hydrogens (tertiary/aromatic N) is 8. The molecule has 0 N–H and O–H groups in total. The summed E-state index contributed by atoms with van der Waals surface area (Å²) < 4.78 is 4.17. The van der Waals surface area contributed by atoms with Gasteiger partial charge in [0, 0.05) is 82.5 Å². The second-order valence-corrected chi connectivity index (χ2v) is 28.8. The maximum atomic E-state index is 12.8. The van der Waals surface area contributed by atoms with Crippen LogP contribution in [0, 0.1) is 31.7 Å². The molecule has 1 aliphatic rings. The van der Waals surface area contributed by atoms with Gasteiger partial charge in [-0.05, 0) is 148 Å². The molecule has 0 amide bonds. The van der Waals surface area contributed by atoms with Gasteiger partial charge in [-0.3, -0.25) is 4.98 Å². The van der Waals surface area contributed by atoms with Crippen molar-refractivity contribution in [3.05, 3.63) is 343 Å². The van der Waals surface area contributed by atoms with Crippen LogP contribution in [-0.2, 0) is 82.0 Å². The van der Waals surface area contributed by atoms with Crippen molar-refractivity contribution < 1.29 is 60.3 Å². The van der Waals surface area contributed by atoms with Crippen LogP contribution in [0.1, 0.15) is 104 Å². The van der Waals surface area contributed by atoms with Gasteiger partial charge in [0.2, 0.25) is 0 Å². The number of fused-ring (bicyclic) bond motifs is 6. The predicted molar refractivity (Wildman–Crippen MR) is 405 cm³/mol. The summed E-state index contributed by atoms with van der Waals surface area (Å²) in [5, 5.41) is 0. The van der Waals surface area contributed by atoms with E-state index in [2.05, 4.69) is 221 Å². The summed E-state index contributed by atoms with van der Waals surface area (Å²) in [4.78, 5) is 60.0. The molecule has 0 aliphatic heterocycles. The van der Waals surface area contributed by atoms with Gasteiger partial charge in [-0.2, -0.15) is 0 Å². The van der Waals surface area contributed by atoms with Crippen LogP contribution in [0.4, 0.5) is 11.4 Å². The molecule has 0 spiro atoms. The third-order valence-corrected chi connectivity index (χ3v) is 18.5. The van der Waals surface area contributed by atoms with Crippen molar-refractivity contribution in [1.29, 1.82) is 0 Å². The molecule has 0 bridgehead atoms. The summed E-state index contributed by atoms with van der Waals surface area (Å²) >= 11 is 0. The van der Waals surface area contributed by atoms with Crippen molar-refractivity contribution >= 4 is 28.3 Å². The van der Waals surface area contributed by atoms with Crippen molar-refractivity contribution in [3.63, 3.8) is 0 Å². The van der Waals surface area contributed by atoms with E-state index >= 15 is 0 Å². The molecule has 0 saturated heterocycles. The largest absolute Gasteiger partial charge is 0.399 e. The molecular formula is C89H73Ir3N8O3-3. The molecule has 517 valence electrons. The Balaban J connectivity index is 0.000000166. The van der Waals surface area contributed by atoms with E-state index in [1.54, 1.807) is 18.2 Å². The van der Waals surface area contributed by atoms with Crippen molar-refractivity contribution in [2.45, 2.75) is 97.8 Å². The fourth-order valence-corrected chi connectivity index (χ4v) is 13.1. The smallest absolute Gasteiger partial charge is 0.190 e. The Morgan fingerprint density at radius 3 is 1.25 bits per heavy atom. The molecule has 6 aromatic heterocycles. The minimum atomic E-state index is -0.345. The Hall–Kier alpha value is -10.2. The average Bonchev–Trinajstić information content (AvgIpc) is 1.59. The molecule has 0 fully saturated rings. The Bertz CT molecular complexity index is 5760. The second-order valence-electron chi connectivity index (χ2n) is 28.8. The zero-order valence-electron chi connectivity index (χ0n) is 58.9. The van der Waals surface area contributed by atoms with Gasteiger partial charge in [0.1, 0.15) is 0 Å². The van der Waals surface area contributed by atoms with Crippen molar-refractivity contribution in [3.8, 4) is 89.3 Å². The SMILES string of the molecule is CC(C)(C)c1cc(=O)n2[c-]cc(-c3cccc(-c4cc(-c5ccccc5)cc(-c5ccccc5)c4)c3)cc2n1.[C-]#[N+]c1c(C(C)(C)C)cc(=O)n2[c-]cc(-c3cccc(-c4ccccc4)c3)nc12.[C-]#[N+]c1c(C(C)(C)C)cc(=O)n2[c-]cc(-c3cccc4c3-c3ccccc3C4(C)C)nc12.[Ir].[Ir].[Ir]. The van der Waals surface area contributed by atoms with Crippen LogP contribution >= 0.6 is 0 Å². The number of pyridine rings is 3. The Morgan fingerprint density at radius 1 is 0.359 bits per heavy atom. The first-order chi connectivity index (χ1) is 47.9. The Kier molecular flexibility index (Phi) is 22.2. The van der Waals surface area contributed by atoms with Crippen LogP contribution in [0.15, 0.2) is 257 Å². The van der Waals surface area contributed by atoms with E-state index in [1.165, 1.54) is 64.3 Å². The normalized spacial score (nSPS) is 12.0. The van der Waals surface area contributed by atoms with Crippen LogP contribution in [0.5, 0.6) is 0 Å². The van der Waals surface area contributed by atoms with Crippen LogP contribution in [0.25, 0.3) is 116 Å². The standard InChI is InChI=1S/C36H29N2O.C28H24N3O.C25H20N3O.3Ir/c1-36(2,3)33-24-35(39)38-18-17-29(23-34(38)37-33)27-15-10-16-28(19-27)32-21-30(25-11-6-4-7-12-25)20-31(22-32)26-13-8-5-9-14-26;1-27(2,3)21-16-23(32)31-15-14-22(30-26(31)25(21)29-6)18-11-9-13-20-24(18)17-10-7-8-12-19(17)28(20,4)5;1-25(2,3)20-16-22(29)28-14-13-21(27-24(28)23(20)26-4)19-12-8-11-18(15-19)17-9-6-5-7-10-17;;;/h4-17,19-24H,1-3H3;7-14,16H,1-5H3;5-13,15-16H,1-3H3;;;/q3*-1;;;. The fourth-order valence-electron chi connectivity index (χ4n) is 13.1. The summed E-state index contributed by atoms with van der Waals surface area (Å²) in [5.41, 5.74) is 22.1. The van der Waals surface area contributed by atoms with Gasteiger partial charge in [0.25, 0.3) is 0 Å². The quantitative estimate of drug-likeness (QED) is 0.147. The van der Waals surface area contributed by atoms with Crippen molar-refractivity contribution in [2.24, 2.45) is 0 Å². The average molecular weight is 1880 g/mol. The second kappa shape index (κ2) is 30.4. The van der Waals surface area contributed by atoms with E-state index in [9.17, 15) is 14.4 Å². The Labute approximate surface area is 641 Å².